The van der Waals surface area contributed by atoms with E-state index in [1.807, 2.05) is 6.92 Å². The third-order valence-corrected chi connectivity index (χ3v) is 3.57. The average molecular weight is 290 g/mol. The minimum absolute atomic E-state index is 0.0560. The summed E-state index contributed by atoms with van der Waals surface area (Å²) in [7, 11) is 0. The van der Waals surface area contributed by atoms with Gasteiger partial charge in [-0.2, -0.15) is 0 Å². The lowest BCUT2D eigenvalue weighted by molar-refractivity contribution is -0.131. The fraction of sp³-hybridized carbons (Fsp3) is 0.400. The van der Waals surface area contributed by atoms with E-state index in [2.05, 4.69) is 4.98 Å². The molecular weight excluding hydrogens is 272 g/mol. The van der Waals surface area contributed by atoms with E-state index in [0.29, 0.717) is 30.8 Å². The summed E-state index contributed by atoms with van der Waals surface area (Å²) in [6.07, 6.45) is 4.13. The van der Waals surface area contributed by atoms with E-state index in [4.69, 9.17) is 5.11 Å². The number of hydrogen-bond donors (Lipinski definition) is 2. The molecule has 6 nitrogen and oxygen atoms in total. The zero-order valence-electron chi connectivity index (χ0n) is 11.8. The largest absolute Gasteiger partial charge is 0.478 e. The Morgan fingerprint density at radius 1 is 1.43 bits per heavy atom. The highest BCUT2D eigenvalue weighted by Gasteiger charge is 2.28. The maximum Gasteiger partial charge on any atom is 0.328 e. The van der Waals surface area contributed by atoms with Gasteiger partial charge in [0.05, 0.1) is 6.10 Å². The molecule has 1 aromatic heterocycles. The lowest BCUT2D eigenvalue weighted by atomic mass is 9.96. The molecule has 1 aromatic rings. The standard InChI is InChI=1S/C15H18N2O4/c1-10-9-17(7-6-13(10)18)15(21)12-4-2-11(8-16-12)3-5-14(19)20/h2-5,8,10,13,18H,6-7,9H2,1H3,(H,19,20)/b5-3+. The molecule has 2 rings (SSSR count). The predicted molar refractivity (Wildman–Crippen MR) is 76.6 cm³/mol. The van der Waals surface area contributed by atoms with Gasteiger partial charge in [0.15, 0.2) is 0 Å². The molecule has 2 N–H and O–H groups in total. The number of pyridine rings is 1. The van der Waals surface area contributed by atoms with Crippen molar-refractivity contribution in [1.82, 2.24) is 9.88 Å². The number of likely N-dealkylation sites (tertiary alicyclic amines) is 1. The minimum Gasteiger partial charge on any atom is -0.478 e. The first-order chi connectivity index (χ1) is 9.97. The second-order valence-corrected chi connectivity index (χ2v) is 5.23. The zero-order chi connectivity index (χ0) is 15.4. The quantitative estimate of drug-likeness (QED) is 0.811. The van der Waals surface area contributed by atoms with Crippen LogP contribution in [0.5, 0.6) is 0 Å². The van der Waals surface area contributed by atoms with Gasteiger partial charge >= 0.3 is 5.97 Å². The smallest absolute Gasteiger partial charge is 0.328 e. The second kappa shape index (κ2) is 6.49. The molecule has 1 fully saturated rings. The fourth-order valence-electron chi connectivity index (χ4n) is 2.28. The molecule has 1 amide bonds. The first-order valence-corrected chi connectivity index (χ1v) is 6.82. The number of carbonyl (C=O) groups is 2. The van der Waals surface area contributed by atoms with Crippen LogP contribution in [0.4, 0.5) is 0 Å². The van der Waals surface area contributed by atoms with Crippen LogP contribution in [-0.2, 0) is 4.79 Å². The Balaban J connectivity index is 2.05. The van der Waals surface area contributed by atoms with Crippen molar-refractivity contribution in [2.24, 2.45) is 5.92 Å². The SMILES string of the molecule is CC1CN(C(=O)c2ccc(/C=C/C(=O)O)cn2)CCC1O. The Morgan fingerprint density at radius 2 is 2.19 bits per heavy atom. The molecule has 1 saturated heterocycles. The Bertz CT molecular complexity index is 553. The van der Waals surface area contributed by atoms with Crippen LogP contribution in [0.25, 0.3) is 6.08 Å². The number of aromatic nitrogens is 1. The molecule has 0 aromatic carbocycles. The Kier molecular flexibility index (Phi) is 4.70. The van der Waals surface area contributed by atoms with E-state index in [-0.39, 0.29) is 17.9 Å². The van der Waals surface area contributed by atoms with Crippen molar-refractivity contribution in [2.75, 3.05) is 13.1 Å². The minimum atomic E-state index is -1.03. The number of amides is 1. The summed E-state index contributed by atoms with van der Waals surface area (Å²) in [6, 6.07) is 3.24. The number of piperidine rings is 1. The number of nitrogens with zero attached hydrogens (tertiary/aromatic N) is 2. The van der Waals surface area contributed by atoms with Gasteiger partial charge in [0, 0.05) is 25.4 Å². The Hall–Kier alpha value is -2.21. The van der Waals surface area contributed by atoms with Gasteiger partial charge in [-0.05, 0) is 30.0 Å². The highest BCUT2D eigenvalue weighted by Crippen LogP contribution is 2.18. The summed E-state index contributed by atoms with van der Waals surface area (Å²) < 4.78 is 0. The number of carboxylic acids is 1. The van der Waals surface area contributed by atoms with Crippen LogP contribution < -0.4 is 0 Å². The molecule has 0 aliphatic carbocycles. The number of hydrogen-bond acceptors (Lipinski definition) is 4. The van der Waals surface area contributed by atoms with E-state index >= 15 is 0 Å². The van der Waals surface area contributed by atoms with E-state index in [1.54, 1.807) is 17.0 Å². The summed E-state index contributed by atoms with van der Waals surface area (Å²) in [5.74, 6) is -1.14. The van der Waals surface area contributed by atoms with E-state index in [1.165, 1.54) is 12.3 Å². The first kappa shape index (κ1) is 15.2. The van der Waals surface area contributed by atoms with Gasteiger partial charge in [0.25, 0.3) is 5.91 Å². The molecule has 0 radical (unpaired) electrons. The summed E-state index contributed by atoms with van der Waals surface area (Å²) in [6.45, 7) is 2.95. The maximum absolute atomic E-state index is 12.3. The van der Waals surface area contributed by atoms with Gasteiger partial charge in [-0.1, -0.05) is 13.0 Å². The van der Waals surface area contributed by atoms with Crippen LogP contribution in [0, 0.1) is 5.92 Å². The molecule has 1 aliphatic rings. The van der Waals surface area contributed by atoms with Crippen LogP contribution in [0.2, 0.25) is 0 Å². The summed E-state index contributed by atoms with van der Waals surface area (Å²) in [5.41, 5.74) is 0.947. The molecule has 2 atom stereocenters. The van der Waals surface area contributed by atoms with Crippen LogP contribution in [0.3, 0.4) is 0 Å². The number of aliphatic hydroxyl groups is 1. The lowest BCUT2D eigenvalue weighted by Crippen LogP contribution is -2.45. The van der Waals surface area contributed by atoms with Crippen LogP contribution in [0.15, 0.2) is 24.4 Å². The van der Waals surface area contributed by atoms with Crippen molar-refractivity contribution in [1.29, 1.82) is 0 Å². The Labute approximate surface area is 122 Å². The van der Waals surface area contributed by atoms with E-state index in [0.717, 1.165) is 6.08 Å². The van der Waals surface area contributed by atoms with Gasteiger partial charge in [-0.25, -0.2) is 4.79 Å². The van der Waals surface area contributed by atoms with Crippen molar-refractivity contribution < 1.29 is 19.8 Å². The highest BCUT2D eigenvalue weighted by molar-refractivity contribution is 5.92. The van der Waals surface area contributed by atoms with Gasteiger partial charge in [0.1, 0.15) is 5.69 Å². The van der Waals surface area contributed by atoms with Gasteiger partial charge in [0.2, 0.25) is 0 Å². The number of rotatable bonds is 3. The van der Waals surface area contributed by atoms with Crippen molar-refractivity contribution in [3.8, 4) is 0 Å². The number of carboxylic acid groups (broad SMARTS) is 1. The molecule has 2 heterocycles. The Morgan fingerprint density at radius 3 is 2.76 bits per heavy atom. The van der Waals surface area contributed by atoms with Crippen LogP contribution in [-0.4, -0.2) is 51.2 Å². The molecule has 2 unspecified atom stereocenters. The van der Waals surface area contributed by atoms with E-state index in [9.17, 15) is 14.7 Å². The summed E-state index contributed by atoms with van der Waals surface area (Å²) in [5, 5.41) is 18.2. The predicted octanol–water partition coefficient (Wildman–Crippen LogP) is 1.02. The topological polar surface area (TPSA) is 90.7 Å². The van der Waals surface area contributed by atoms with Crippen LogP contribution >= 0.6 is 0 Å². The number of carbonyl (C=O) groups excluding carboxylic acids is 1. The average Bonchev–Trinajstić information content (AvgIpc) is 2.48. The second-order valence-electron chi connectivity index (χ2n) is 5.23. The lowest BCUT2D eigenvalue weighted by Gasteiger charge is -2.34. The third-order valence-electron chi connectivity index (χ3n) is 3.57. The number of aliphatic carboxylic acids is 1. The van der Waals surface area contributed by atoms with E-state index < -0.39 is 5.97 Å². The van der Waals surface area contributed by atoms with Crippen molar-refractivity contribution in [3.05, 3.63) is 35.7 Å². The third kappa shape index (κ3) is 3.88. The molecule has 21 heavy (non-hydrogen) atoms. The van der Waals surface area contributed by atoms with Gasteiger partial charge in [-0.3, -0.25) is 9.78 Å². The first-order valence-electron chi connectivity index (χ1n) is 6.82. The summed E-state index contributed by atoms with van der Waals surface area (Å²) in [4.78, 5) is 28.5. The molecule has 6 heteroatoms. The van der Waals surface area contributed by atoms with Crippen molar-refractivity contribution in [2.45, 2.75) is 19.4 Å². The van der Waals surface area contributed by atoms with Crippen LogP contribution in [0.1, 0.15) is 29.4 Å². The fourth-order valence-corrected chi connectivity index (χ4v) is 2.28. The molecule has 0 bridgehead atoms. The van der Waals surface area contributed by atoms with Gasteiger partial charge < -0.3 is 15.1 Å². The summed E-state index contributed by atoms with van der Waals surface area (Å²) >= 11 is 0. The highest BCUT2D eigenvalue weighted by atomic mass is 16.4. The van der Waals surface area contributed by atoms with Gasteiger partial charge in [-0.15, -0.1) is 0 Å². The normalized spacial score (nSPS) is 22.5. The van der Waals surface area contributed by atoms with Crippen molar-refractivity contribution in [3.63, 3.8) is 0 Å². The molecule has 112 valence electrons. The molecular formula is C15H18N2O4. The van der Waals surface area contributed by atoms with Crippen molar-refractivity contribution >= 4 is 18.0 Å². The monoisotopic (exact) mass is 290 g/mol. The molecule has 0 spiro atoms. The number of aliphatic hydroxyl groups excluding tert-OH is 1. The molecule has 0 saturated carbocycles. The zero-order valence-corrected chi connectivity index (χ0v) is 11.8. The molecule has 1 aliphatic heterocycles. The maximum atomic E-state index is 12.3.